The van der Waals surface area contributed by atoms with Crippen molar-refractivity contribution in [3.63, 3.8) is 0 Å². The molecule has 1 aliphatic rings. The second-order valence-electron chi connectivity index (χ2n) is 4.51. The summed E-state index contributed by atoms with van der Waals surface area (Å²) >= 11 is 0. The van der Waals surface area contributed by atoms with Crippen LogP contribution < -0.4 is 5.73 Å². The van der Waals surface area contributed by atoms with Crippen LogP contribution in [-0.2, 0) is 6.42 Å². The molecule has 0 aliphatic heterocycles. The standard InChI is InChI=1S/C11H16N2/c1-11(2)6-5-8-4-3-7-13-9(8)10(11)12/h3-4,7,10H,5-6,12H2,1-2H3. The summed E-state index contributed by atoms with van der Waals surface area (Å²) in [7, 11) is 0. The molecule has 2 N–H and O–H groups in total. The van der Waals surface area contributed by atoms with E-state index >= 15 is 0 Å². The molecule has 13 heavy (non-hydrogen) atoms. The van der Waals surface area contributed by atoms with Crippen molar-refractivity contribution in [3.05, 3.63) is 29.6 Å². The first-order valence-electron chi connectivity index (χ1n) is 4.80. The maximum Gasteiger partial charge on any atom is 0.0608 e. The lowest BCUT2D eigenvalue weighted by Gasteiger charge is -2.36. The Morgan fingerprint density at radius 3 is 3.08 bits per heavy atom. The van der Waals surface area contributed by atoms with Gasteiger partial charge in [-0.3, -0.25) is 4.98 Å². The molecule has 1 aromatic rings. The zero-order valence-corrected chi connectivity index (χ0v) is 8.25. The van der Waals surface area contributed by atoms with Crippen LogP contribution in [0.1, 0.15) is 37.6 Å². The fourth-order valence-electron chi connectivity index (χ4n) is 1.92. The van der Waals surface area contributed by atoms with Gasteiger partial charge < -0.3 is 5.73 Å². The third-order valence-electron chi connectivity index (χ3n) is 3.10. The lowest BCUT2D eigenvalue weighted by atomic mass is 9.73. The highest BCUT2D eigenvalue weighted by Crippen LogP contribution is 2.40. The van der Waals surface area contributed by atoms with Gasteiger partial charge in [0.2, 0.25) is 0 Å². The van der Waals surface area contributed by atoms with Gasteiger partial charge in [-0.15, -0.1) is 0 Å². The predicted octanol–water partition coefficient (Wildman–Crippen LogP) is 2.05. The van der Waals surface area contributed by atoms with Gasteiger partial charge in [0.25, 0.3) is 0 Å². The maximum absolute atomic E-state index is 6.16. The normalized spacial score (nSPS) is 25.3. The van der Waals surface area contributed by atoms with Crippen LogP contribution in [0.15, 0.2) is 18.3 Å². The second-order valence-corrected chi connectivity index (χ2v) is 4.51. The molecule has 0 saturated carbocycles. The molecule has 1 aromatic heterocycles. The lowest BCUT2D eigenvalue weighted by Crippen LogP contribution is -2.34. The summed E-state index contributed by atoms with van der Waals surface area (Å²) in [5.41, 5.74) is 8.78. The van der Waals surface area contributed by atoms with Crippen molar-refractivity contribution in [2.24, 2.45) is 11.1 Å². The molecule has 0 fully saturated rings. The lowest BCUT2D eigenvalue weighted by molar-refractivity contribution is 0.244. The zero-order valence-electron chi connectivity index (χ0n) is 8.25. The van der Waals surface area contributed by atoms with E-state index in [1.807, 2.05) is 12.3 Å². The van der Waals surface area contributed by atoms with E-state index in [2.05, 4.69) is 24.9 Å². The SMILES string of the molecule is CC1(C)CCc2cccnc2C1N. The molecule has 1 unspecified atom stereocenters. The molecule has 0 radical (unpaired) electrons. The topological polar surface area (TPSA) is 38.9 Å². The van der Waals surface area contributed by atoms with Gasteiger partial charge in [0.05, 0.1) is 11.7 Å². The van der Waals surface area contributed by atoms with Crippen LogP contribution in [0.4, 0.5) is 0 Å². The molecule has 1 aliphatic carbocycles. The molecular formula is C11H16N2. The fourth-order valence-corrected chi connectivity index (χ4v) is 1.92. The van der Waals surface area contributed by atoms with Gasteiger partial charge in [-0.1, -0.05) is 19.9 Å². The number of hydrogen-bond donors (Lipinski definition) is 1. The number of nitrogens with two attached hydrogens (primary N) is 1. The first-order chi connectivity index (χ1) is 6.11. The minimum Gasteiger partial charge on any atom is -0.322 e. The highest BCUT2D eigenvalue weighted by Gasteiger charge is 2.33. The van der Waals surface area contributed by atoms with Crippen molar-refractivity contribution in [3.8, 4) is 0 Å². The van der Waals surface area contributed by atoms with E-state index in [-0.39, 0.29) is 11.5 Å². The van der Waals surface area contributed by atoms with Gasteiger partial charge in [0.15, 0.2) is 0 Å². The highest BCUT2D eigenvalue weighted by atomic mass is 14.8. The number of aromatic nitrogens is 1. The highest BCUT2D eigenvalue weighted by molar-refractivity contribution is 5.27. The first kappa shape index (κ1) is 8.70. The Balaban J connectivity index is 2.45. The summed E-state index contributed by atoms with van der Waals surface area (Å²) in [5, 5.41) is 0. The van der Waals surface area contributed by atoms with Gasteiger partial charge in [0, 0.05) is 6.20 Å². The van der Waals surface area contributed by atoms with Gasteiger partial charge in [0.1, 0.15) is 0 Å². The van der Waals surface area contributed by atoms with E-state index in [1.54, 1.807) is 0 Å². The van der Waals surface area contributed by atoms with Crippen LogP contribution in [-0.4, -0.2) is 4.98 Å². The Morgan fingerprint density at radius 2 is 2.31 bits per heavy atom. The largest absolute Gasteiger partial charge is 0.322 e. The predicted molar refractivity (Wildman–Crippen MR) is 53.3 cm³/mol. The third kappa shape index (κ3) is 1.35. The Kier molecular flexibility index (Phi) is 1.88. The third-order valence-corrected chi connectivity index (χ3v) is 3.10. The monoisotopic (exact) mass is 176 g/mol. The minimum absolute atomic E-state index is 0.0949. The Hall–Kier alpha value is -0.890. The van der Waals surface area contributed by atoms with Crippen LogP contribution in [0.5, 0.6) is 0 Å². The summed E-state index contributed by atoms with van der Waals surface area (Å²) in [6.07, 6.45) is 4.11. The minimum atomic E-state index is 0.0949. The smallest absolute Gasteiger partial charge is 0.0608 e. The summed E-state index contributed by atoms with van der Waals surface area (Å²) in [6, 6.07) is 4.22. The van der Waals surface area contributed by atoms with E-state index < -0.39 is 0 Å². The molecule has 0 bridgehead atoms. The number of aryl methyl sites for hydroxylation is 1. The fraction of sp³-hybridized carbons (Fsp3) is 0.545. The summed E-state index contributed by atoms with van der Waals surface area (Å²) in [6.45, 7) is 4.44. The van der Waals surface area contributed by atoms with Crippen LogP contribution >= 0.6 is 0 Å². The number of pyridine rings is 1. The summed E-state index contributed by atoms with van der Waals surface area (Å²) < 4.78 is 0. The van der Waals surface area contributed by atoms with Crippen molar-refractivity contribution in [1.29, 1.82) is 0 Å². The molecule has 2 nitrogen and oxygen atoms in total. The molecular weight excluding hydrogens is 160 g/mol. The van der Waals surface area contributed by atoms with Crippen molar-refractivity contribution >= 4 is 0 Å². The molecule has 1 atom stereocenters. The Bertz CT molecular complexity index is 318. The molecule has 1 heterocycles. The average molecular weight is 176 g/mol. The number of fused-ring (bicyclic) bond motifs is 1. The average Bonchev–Trinajstić information content (AvgIpc) is 2.13. The Labute approximate surface area is 79.2 Å². The van der Waals surface area contributed by atoms with Crippen molar-refractivity contribution < 1.29 is 0 Å². The molecule has 0 saturated heterocycles. The van der Waals surface area contributed by atoms with E-state index in [0.29, 0.717) is 0 Å². The quantitative estimate of drug-likeness (QED) is 0.657. The number of rotatable bonds is 0. The van der Waals surface area contributed by atoms with E-state index in [9.17, 15) is 0 Å². The van der Waals surface area contributed by atoms with Gasteiger partial charge >= 0.3 is 0 Å². The van der Waals surface area contributed by atoms with Gasteiger partial charge in [-0.2, -0.15) is 0 Å². The first-order valence-corrected chi connectivity index (χ1v) is 4.80. The summed E-state index contributed by atoms with van der Waals surface area (Å²) in [5.74, 6) is 0. The van der Waals surface area contributed by atoms with E-state index in [0.717, 1.165) is 18.5 Å². The van der Waals surface area contributed by atoms with Crippen molar-refractivity contribution in [2.75, 3.05) is 0 Å². The van der Waals surface area contributed by atoms with Crippen LogP contribution in [0.3, 0.4) is 0 Å². The maximum atomic E-state index is 6.16. The van der Waals surface area contributed by atoms with Gasteiger partial charge in [-0.25, -0.2) is 0 Å². The summed E-state index contributed by atoms with van der Waals surface area (Å²) in [4.78, 5) is 4.37. The zero-order chi connectivity index (χ0) is 9.47. The van der Waals surface area contributed by atoms with Crippen LogP contribution in [0, 0.1) is 5.41 Å². The molecule has 2 heteroatoms. The van der Waals surface area contributed by atoms with Crippen LogP contribution in [0.25, 0.3) is 0 Å². The number of nitrogens with zero attached hydrogens (tertiary/aromatic N) is 1. The molecule has 2 rings (SSSR count). The Morgan fingerprint density at radius 1 is 1.54 bits per heavy atom. The van der Waals surface area contributed by atoms with Crippen molar-refractivity contribution in [1.82, 2.24) is 4.98 Å². The van der Waals surface area contributed by atoms with Crippen LogP contribution in [0.2, 0.25) is 0 Å². The van der Waals surface area contributed by atoms with E-state index in [1.165, 1.54) is 5.56 Å². The molecule has 0 amide bonds. The molecule has 0 spiro atoms. The van der Waals surface area contributed by atoms with Crippen molar-refractivity contribution in [2.45, 2.75) is 32.7 Å². The number of hydrogen-bond acceptors (Lipinski definition) is 2. The second kappa shape index (κ2) is 2.81. The molecule has 0 aromatic carbocycles. The van der Waals surface area contributed by atoms with E-state index in [4.69, 9.17) is 5.73 Å². The van der Waals surface area contributed by atoms with Gasteiger partial charge in [-0.05, 0) is 29.9 Å². The molecule has 70 valence electrons.